The SMILES string of the molecule is C[C@@H](SC(=S)N1CCCC1)C(=O)Nc1ccccc1Cl. The van der Waals surface area contributed by atoms with Gasteiger partial charge in [0.1, 0.15) is 4.32 Å². The number of halogens is 1. The second-order valence-electron chi connectivity index (χ2n) is 4.69. The first-order valence-corrected chi connectivity index (χ1v) is 8.25. The van der Waals surface area contributed by atoms with Crippen molar-refractivity contribution in [3.8, 4) is 0 Å². The van der Waals surface area contributed by atoms with Gasteiger partial charge in [-0.25, -0.2) is 0 Å². The van der Waals surface area contributed by atoms with Gasteiger partial charge in [-0.1, -0.05) is 47.7 Å². The summed E-state index contributed by atoms with van der Waals surface area (Å²) in [4.78, 5) is 14.3. The van der Waals surface area contributed by atoms with Gasteiger partial charge in [-0.2, -0.15) is 0 Å². The third-order valence-electron chi connectivity index (χ3n) is 3.14. The molecule has 3 nitrogen and oxygen atoms in total. The molecule has 0 radical (unpaired) electrons. The van der Waals surface area contributed by atoms with Gasteiger partial charge in [0.25, 0.3) is 0 Å². The van der Waals surface area contributed by atoms with Gasteiger partial charge < -0.3 is 10.2 Å². The van der Waals surface area contributed by atoms with Crippen molar-refractivity contribution in [1.29, 1.82) is 0 Å². The van der Waals surface area contributed by atoms with E-state index in [0.717, 1.165) is 17.4 Å². The zero-order chi connectivity index (χ0) is 14.5. The number of thiocarbonyl (C=S) groups is 1. The van der Waals surface area contributed by atoms with Crippen molar-refractivity contribution in [2.45, 2.75) is 25.0 Å². The van der Waals surface area contributed by atoms with Crippen molar-refractivity contribution in [2.24, 2.45) is 0 Å². The fraction of sp³-hybridized carbons (Fsp3) is 0.429. The number of nitrogens with one attached hydrogen (secondary N) is 1. The highest BCUT2D eigenvalue weighted by Gasteiger charge is 2.21. The largest absolute Gasteiger partial charge is 0.358 e. The van der Waals surface area contributed by atoms with Crippen LogP contribution in [0.3, 0.4) is 0 Å². The zero-order valence-corrected chi connectivity index (χ0v) is 13.7. The van der Waals surface area contributed by atoms with Gasteiger partial charge in [-0.3, -0.25) is 4.79 Å². The summed E-state index contributed by atoms with van der Waals surface area (Å²) in [5, 5.41) is 3.14. The van der Waals surface area contributed by atoms with Crippen molar-refractivity contribution >= 4 is 51.5 Å². The first kappa shape index (κ1) is 15.6. The van der Waals surface area contributed by atoms with Gasteiger partial charge in [-0.05, 0) is 31.9 Å². The van der Waals surface area contributed by atoms with Crippen LogP contribution >= 0.6 is 35.6 Å². The summed E-state index contributed by atoms with van der Waals surface area (Å²) in [5.74, 6) is -0.0790. The Kier molecular flexibility index (Phi) is 5.69. The predicted molar refractivity (Wildman–Crippen MR) is 90.5 cm³/mol. The van der Waals surface area contributed by atoms with E-state index in [9.17, 15) is 4.79 Å². The quantitative estimate of drug-likeness (QED) is 0.856. The molecule has 0 bridgehead atoms. The third kappa shape index (κ3) is 4.11. The molecule has 1 aromatic rings. The van der Waals surface area contributed by atoms with E-state index in [-0.39, 0.29) is 11.2 Å². The van der Waals surface area contributed by atoms with Crippen molar-refractivity contribution in [2.75, 3.05) is 18.4 Å². The summed E-state index contributed by atoms with van der Waals surface area (Å²) in [5.41, 5.74) is 0.638. The van der Waals surface area contributed by atoms with E-state index in [2.05, 4.69) is 10.2 Å². The molecule has 1 aromatic carbocycles. The lowest BCUT2D eigenvalue weighted by atomic mass is 10.3. The number of nitrogens with zero attached hydrogens (tertiary/aromatic N) is 1. The molecule has 2 rings (SSSR count). The number of likely N-dealkylation sites (tertiary alicyclic amines) is 1. The molecule has 1 atom stereocenters. The van der Waals surface area contributed by atoms with Gasteiger partial charge in [0.2, 0.25) is 5.91 Å². The summed E-state index contributed by atoms with van der Waals surface area (Å²) in [6, 6.07) is 7.22. The molecule has 1 aliphatic rings. The minimum atomic E-state index is -0.237. The van der Waals surface area contributed by atoms with Gasteiger partial charge in [0.05, 0.1) is 16.0 Å². The molecule has 1 aliphatic heterocycles. The molecule has 0 aliphatic carbocycles. The molecule has 1 saturated heterocycles. The Morgan fingerprint density at radius 1 is 1.40 bits per heavy atom. The van der Waals surface area contributed by atoms with Gasteiger partial charge in [0, 0.05) is 13.1 Å². The zero-order valence-electron chi connectivity index (χ0n) is 11.3. The standard InChI is InChI=1S/C14H17ClN2OS2/c1-10(20-14(19)17-8-4-5-9-17)13(18)16-12-7-3-2-6-11(12)15/h2-3,6-7,10H,4-5,8-9H2,1H3,(H,16,18)/t10-/m1/s1. The smallest absolute Gasteiger partial charge is 0.237 e. The second kappa shape index (κ2) is 7.29. The van der Waals surface area contributed by atoms with Crippen molar-refractivity contribution in [3.63, 3.8) is 0 Å². The molecular formula is C14H17ClN2OS2. The number of anilines is 1. The molecule has 0 spiro atoms. The fourth-order valence-electron chi connectivity index (χ4n) is 1.98. The lowest BCUT2D eigenvalue weighted by Gasteiger charge is -2.20. The molecule has 1 amide bonds. The Labute approximate surface area is 134 Å². The number of benzene rings is 1. The minimum absolute atomic E-state index is 0.0790. The first-order valence-electron chi connectivity index (χ1n) is 6.59. The molecule has 6 heteroatoms. The highest BCUT2D eigenvalue weighted by Crippen LogP contribution is 2.24. The molecule has 1 heterocycles. The lowest BCUT2D eigenvalue weighted by molar-refractivity contribution is -0.115. The van der Waals surface area contributed by atoms with E-state index in [1.165, 1.54) is 24.6 Å². The Hall–Kier alpha value is -0.780. The number of thioether (sulfide) groups is 1. The molecule has 0 unspecified atom stereocenters. The normalized spacial score (nSPS) is 16.0. The van der Waals surface area contributed by atoms with Crippen molar-refractivity contribution in [3.05, 3.63) is 29.3 Å². The molecule has 20 heavy (non-hydrogen) atoms. The number of rotatable bonds is 3. The number of hydrogen-bond donors (Lipinski definition) is 1. The monoisotopic (exact) mass is 328 g/mol. The van der Waals surface area contributed by atoms with Crippen LogP contribution in [0.15, 0.2) is 24.3 Å². The van der Waals surface area contributed by atoms with E-state index >= 15 is 0 Å². The Morgan fingerprint density at radius 3 is 2.70 bits per heavy atom. The van der Waals surface area contributed by atoms with Crippen LogP contribution in [0.5, 0.6) is 0 Å². The summed E-state index contributed by atoms with van der Waals surface area (Å²) >= 11 is 12.8. The van der Waals surface area contributed by atoms with Crippen LogP contribution in [0, 0.1) is 0 Å². The van der Waals surface area contributed by atoms with Crippen LogP contribution in [-0.2, 0) is 4.79 Å². The van der Waals surface area contributed by atoms with Gasteiger partial charge in [-0.15, -0.1) is 0 Å². The average Bonchev–Trinajstić information content (AvgIpc) is 2.95. The Bertz CT molecular complexity index is 504. The topological polar surface area (TPSA) is 32.3 Å². The Morgan fingerprint density at radius 2 is 2.05 bits per heavy atom. The molecular weight excluding hydrogens is 312 g/mol. The first-order chi connectivity index (χ1) is 9.58. The maximum absolute atomic E-state index is 12.1. The van der Waals surface area contributed by atoms with E-state index < -0.39 is 0 Å². The van der Waals surface area contributed by atoms with Gasteiger partial charge in [0.15, 0.2) is 0 Å². The van der Waals surface area contributed by atoms with E-state index in [1.54, 1.807) is 12.1 Å². The average molecular weight is 329 g/mol. The van der Waals surface area contributed by atoms with Crippen molar-refractivity contribution < 1.29 is 4.79 Å². The summed E-state index contributed by atoms with van der Waals surface area (Å²) in [6.07, 6.45) is 2.36. The summed E-state index contributed by atoms with van der Waals surface area (Å²) < 4.78 is 0.810. The maximum atomic E-state index is 12.1. The Balaban J connectivity index is 1.88. The number of hydrogen-bond acceptors (Lipinski definition) is 3. The number of carbonyl (C=O) groups is 1. The second-order valence-corrected chi connectivity index (χ2v) is 7.07. The number of amides is 1. The lowest BCUT2D eigenvalue weighted by Crippen LogP contribution is -2.29. The van der Waals surface area contributed by atoms with Crippen LogP contribution in [0.1, 0.15) is 19.8 Å². The number of carbonyl (C=O) groups excluding carboxylic acids is 1. The third-order valence-corrected chi connectivity index (χ3v) is 5.05. The highest BCUT2D eigenvalue weighted by molar-refractivity contribution is 8.23. The minimum Gasteiger partial charge on any atom is -0.358 e. The molecule has 0 aromatic heterocycles. The van der Waals surface area contributed by atoms with Crippen LogP contribution in [0.2, 0.25) is 5.02 Å². The molecule has 1 N–H and O–H groups in total. The molecule has 1 fully saturated rings. The van der Waals surface area contributed by atoms with Crippen LogP contribution < -0.4 is 5.32 Å². The van der Waals surface area contributed by atoms with E-state index in [4.69, 9.17) is 23.8 Å². The molecule has 0 saturated carbocycles. The fourth-order valence-corrected chi connectivity index (χ4v) is 3.57. The van der Waals surface area contributed by atoms with Crippen molar-refractivity contribution in [1.82, 2.24) is 4.90 Å². The van der Waals surface area contributed by atoms with Gasteiger partial charge >= 0.3 is 0 Å². The highest BCUT2D eigenvalue weighted by atomic mass is 35.5. The predicted octanol–water partition coefficient (Wildman–Crippen LogP) is 3.78. The van der Waals surface area contributed by atoms with E-state index in [1.807, 2.05) is 19.1 Å². The molecule has 108 valence electrons. The number of para-hydroxylation sites is 1. The maximum Gasteiger partial charge on any atom is 0.237 e. The summed E-state index contributed by atoms with van der Waals surface area (Å²) in [6.45, 7) is 3.87. The van der Waals surface area contributed by atoms with Crippen LogP contribution in [-0.4, -0.2) is 33.5 Å². The summed E-state index contributed by atoms with van der Waals surface area (Å²) in [7, 11) is 0. The van der Waals surface area contributed by atoms with Crippen LogP contribution in [0.4, 0.5) is 5.69 Å². The van der Waals surface area contributed by atoms with Crippen LogP contribution in [0.25, 0.3) is 0 Å². The van der Waals surface area contributed by atoms with E-state index in [0.29, 0.717) is 10.7 Å².